The van der Waals surface area contributed by atoms with Crippen LogP contribution in [0.5, 0.6) is 5.75 Å². The molecule has 0 amide bonds. The fourth-order valence-corrected chi connectivity index (χ4v) is 2.30. The number of benzene rings is 2. The van der Waals surface area contributed by atoms with Crippen molar-refractivity contribution in [1.82, 2.24) is 0 Å². The molecular formula is C14H9BrClFO2. The molecule has 2 rings (SSSR count). The summed E-state index contributed by atoms with van der Waals surface area (Å²) in [7, 11) is 1.46. The quantitative estimate of drug-likeness (QED) is 0.768. The fourth-order valence-electron chi connectivity index (χ4n) is 1.68. The van der Waals surface area contributed by atoms with Crippen molar-refractivity contribution in [3.8, 4) is 5.75 Å². The number of carbonyl (C=O) groups is 1. The van der Waals surface area contributed by atoms with Crippen LogP contribution in [0.15, 0.2) is 40.9 Å². The van der Waals surface area contributed by atoms with E-state index in [4.69, 9.17) is 16.3 Å². The normalized spacial score (nSPS) is 10.3. The summed E-state index contributed by atoms with van der Waals surface area (Å²) in [5.41, 5.74) is 0.516. The summed E-state index contributed by atoms with van der Waals surface area (Å²) >= 11 is 8.96. The van der Waals surface area contributed by atoms with Gasteiger partial charge >= 0.3 is 0 Å². The fraction of sp³-hybridized carbons (Fsp3) is 0.0714. The van der Waals surface area contributed by atoms with Crippen molar-refractivity contribution in [1.29, 1.82) is 0 Å². The van der Waals surface area contributed by atoms with Gasteiger partial charge in [0, 0.05) is 10.6 Å². The van der Waals surface area contributed by atoms with E-state index in [1.54, 1.807) is 12.1 Å². The predicted molar refractivity (Wildman–Crippen MR) is 75.5 cm³/mol. The molecule has 0 bridgehead atoms. The summed E-state index contributed by atoms with van der Waals surface area (Å²) in [4.78, 5) is 12.4. The SMILES string of the molecule is COc1ccc(Cl)cc1C(=O)c1cccc(F)c1Br. The Morgan fingerprint density at radius 2 is 2.00 bits per heavy atom. The van der Waals surface area contributed by atoms with Gasteiger partial charge < -0.3 is 4.74 Å². The molecule has 0 atom stereocenters. The van der Waals surface area contributed by atoms with Crippen molar-refractivity contribution < 1.29 is 13.9 Å². The first kappa shape index (κ1) is 14.0. The highest BCUT2D eigenvalue weighted by Gasteiger charge is 2.19. The molecule has 2 aromatic rings. The van der Waals surface area contributed by atoms with Crippen LogP contribution in [0.25, 0.3) is 0 Å². The predicted octanol–water partition coefficient (Wildman–Crippen LogP) is 4.48. The molecule has 0 N–H and O–H groups in total. The highest BCUT2D eigenvalue weighted by molar-refractivity contribution is 9.10. The number of ketones is 1. The number of hydrogen-bond donors (Lipinski definition) is 0. The van der Waals surface area contributed by atoms with Gasteiger partial charge in [0.2, 0.25) is 0 Å². The van der Waals surface area contributed by atoms with Crippen LogP contribution in [-0.2, 0) is 0 Å². The maximum absolute atomic E-state index is 13.5. The molecule has 0 aliphatic rings. The van der Waals surface area contributed by atoms with Gasteiger partial charge in [-0.3, -0.25) is 4.79 Å². The van der Waals surface area contributed by atoms with Crippen LogP contribution >= 0.6 is 27.5 Å². The number of halogens is 3. The smallest absolute Gasteiger partial charge is 0.198 e. The lowest BCUT2D eigenvalue weighted by molar-refractivity contribution is 0.103. The number of rotatable bonds is 3. The van der Waals surface area contributed by atoms with Gasteiger partial charge in [-0.15, -0.1) is 0 Å². The van der Waals surface area contributed by atoms with Gasteiger partial charge in [0.25, 0.3) is 0 Å². The summed E-state index contributed by atoms with van der Waals surface area (Å²) in [5, 5.41) is 0.414. The Morgan fingerprint density at radius 3 is 2.68 bits per heavy atom. The molecule has 5 heteroatoms. The van der Waals surface area contributed by atoms with Crippen molar-refractivity contribution in [2.45, 2.75) is 0 Å². The molecule has 0 saturated heterocycles. The van der Waals surface area contributed by atoms with E-state index in [9.17, 15) is 9.18 Å². The first-order valence-corrected chi connectivity index (χ1v) is 6.54. The number of carbonyl (C=O) groups excluding carboxylic acids is 1. The van der Waals surface area contributed by atoms with Crippen molar-refractivity contribution in [3.63, 3.8) is 0 Å². The van der Waals surface area contributed by atoms with E-state index in [-0.39, 0.29) is 15.8 Å². The monoisotopic (exact) mass is 342 g/mol. The average Bonchev–Trinajstić information content (AvgIpc) is 2.41. The Morgan fingerprint density at radius 1 is 1.26 bits per heavy atom. The zero-order valence-electron chi connectivity index (χ0n) is 9.91. The number of methoxy groups -OCH3 is 1. The third-order valence-corrected chi connectivity index (χ3v) is 3.64. The highest BCUT2D eigenvalue weighted by Crippen LogP contribution is 2.29. The molecule has 0 saturated carbocycles. The van der Waals surface area contributed by atoms with Crippen molar-refractivity contribution in [3.05, 3.63) is 62.8 Å². The van der Waals surface area contributed by atoms with Crippen LogP contribution in [0.3, 0.4) is 0 Å². The Balaban J connectivity index is 2.56. The molecular weight excluding hydrogens is 335 g/mol. The molecule has 0 aliphatic carbocycles. The summed E-state index contributed by atoms with van der Waals surface area (Å²) < 4.78 is 18.7. The second kappa shape index (κ2) is 5.72. The summed E-state index contributed by atoms with van der Waals surface area (Å²) in [6.45, 7) is 0. The van der Waals surface area contributed by atoms with Crippen LogP contribution in [0.2, 0.25) is 5.02 Å². The van der Waals surface area contributed by atoms with E-state index >= 15 is 0 Å². The second-order valence-corrected chi connectivity index (χ2v) is 5.00. The number of hydrogen-bond acceptors (Lipinski definition) is 2. The molecule has 98 valence electrons. The van der Waals surface area contributed by atoms with Crippen LogP contribution in [0, 0.1) is 5.82 Å². The van der Waals surface area contributed by atoms with Gasteiger partial charge in [-0.05, 0) is 46.3 Å². The molecule has 0 aliphatic heterocycles. The van der Waals surface area contributed by atoms with E-state index in [1.165, 1.54) is 31.4 Å². The molecule has 0 fully saturated rings. The van der Waals surface area contributed by atoms with Gasteiger partial charge in [0.15, 0.2) is 5.78 Å². The van der Waals surface area contributed by atoms with E-state index in [0.717, 1.165) is 0 Å². The second-order valence-electron chi connectivity index (χ2n) is 3.78. The average molecular weight is 344 g/mol. The Bertz CT molecular complexity index is 643. The third-order valence-electron chi connectivity index (χ3n) is 2.60. The lowest BCUT2D eigenvalue weighted by Gasteiger charge is -2.09. The minimum absolute atomic E-state index is 0.127. The lowest BCUT2D eigenvalue weighted by atomic mass is 10.0. The molecule has 0 radical (unpaired) electrons. The molecule has 0 spiro atoms. The lowest BCUT2D eigenvalue weighted by Crippen LogP contribution is -2.05. The van der Waals surface area contributed by atoms with Crippen LogP contribution in [0.4, 0.5) is 4.39 Å². The summed E-state index contributed by atoms with van der Waals surface area (Å²) in [6.07, 6.45) is 0. The van der Waals surface area contributed by atoms with Crippen molar-refractivity contribution >= 4 is 33.3 Å². The van der Waals surface area contributed by atoms with Gasteiger partial charge in [0.05, 0.1) is 17.1 Å². The molecule has 19 heavy (non-hydrogen) atoms. The van der Waals surface area contributed by atoms with Crippen LogP contribution in [-0.4, -0.2) is 12.9 Å². The van der Waals surface area contributed by atoms with Crippen molar-refractivity contribution in [2.24, 2.45) is 0 Å². The van der Waals surface area contributed by atoms with Gasteiger partial charge in [-0.25, -0.2) is 4.39 Å². The summed E-state index contributed by atoms with van der Waals surface area (Å²) in [6, 6.07) is 9.01. The van der Waals surface area contributed by atoms with E-state index in [2.05, 4.69) is 15.9 Å². The van der Waals surface area contributed by atoms with Crippen molar-refractivity contribution in [2.75, 3.05) is 7.11 Å². The third kappa shape index (κ3) is 2.80. The van der Waals surface area contributed by atoms with Gasteiger partial charge in [-0.1, -0.05) is 17.7 Å². The molecule has 0 unspecified atom stereocenters. The zero-order valence-corrected chi connectivity index (χ0v) is 12.3. The minimum atomic E-state index is -0.494. The molecule has 0 heterocycles. The van der Waals surface area contributed by atoms with Crippen LogP contribution in [0.1, 0.15) is 15.9 Å². The van der Waals surface area contributed by atoms with E-state index < -0.39 is 5.82 Å². The number of ether oxygens (including phenoxy) is 1. The molecule has 0 aromatic heterocycles. The zero-order chi connectivity index (χ0) is 14.0. The maximum atomic E-state index is 13.5. The standard InChI is InChI=1S/C14H9BrClFO2/c1-19-12-6-5-8(16)7-10(12)14(18)9-3-2-4-11(17)13(9)15/h2-7H,1H3. The van der Waals surface area contributed by atoms with Crippen LogP contribution < -0.4 is 4.74 Å². The largest absolute Gasteiger partial charge is 0.496 e. The summed E-state index contributed by atoms with van der Waals surface area (Å²) in [5.74, 6) is -0.455. The van der Waals surface area contributed by atoms with E-state index in [1.807, 2.05) is 0 Å². The highest BCUT2D eigenvalue weighted by atomic mass is 79.9. The Kier molecular flexibility index (Phi) is 4.22. The first-order valence-electron chi connectivity index (χ1n) is 5.37. The maximum Gasteiger partial charge on any atom is 0.198 e. The first-order chi connectivity index (χ1) is 9.04. The molecule has 2 nitrogen and oxygen atoms in total. The Hall–Kier alpha value is -1.39. The van der Waals surface area contributed by atoms with E-state index in [0.29, 0.717) is 16.3 Å². The van der Waals surface area contributed by atoms with Gasteiger partial charge in [-0.2, -0.15) is 0 Å². The minimum Gasteiger partial charge on any atom is -0.496 e. The van der Waals surface area contributed by atoms with Gasteiger partial charge in [0.1, 0.15) is 11.6 Å². The molecule has 2 aromatic carbocycles. The topological polar surface area (TPSA) is 26.3 Å². The Labute approximate surface area is 123 Å².